The van der Waals surface area contributed by atoms with Gasteiger partial charge in [0, 0.05) is 47.6 Å². The van der Waals surface area contributed by atoms with E-state index >= 15 is 0 Å². The number of aromatic nitrogens is 6. The highest BCUT2D eigenvalue weighted by Gasteiger charge is 2.24. The molecule has 1 saturated heterocycles. The molecule has 5 heterocycles. The first-order valence-electron chi connectivity index (χ1n) is 16.1. The van der Waals surface area contributed by atoms with E-state index in [1.807, 2.05) is 30.3 Å². The summed E-state index contributed by atoms with van der Waals surface area (Å²) in [4.78, 5) is 25.1. The third-order valence-electron chi connectivity index (χ3n) is 8.94. The molecule has 0 unspecified atom stereocenters. The van der Waals surface area contributed by atoms with Crippen LogP contribution in [0.2, 0.25) is 5.02 Å². The van der Waals surface area contributed by atoms with E-state index in [1.54, 1.807) is 36.4 Å². The van der Waals surface area contributed by atoms with Gasteiger partial charge in [-0.05, 0) is 73.0 Å². The van der Waals surface area contributed by atoms with E-state index < -0.39 is 5.82 Å². The number of carbonyl (C=O) groups is 1. The number of fused-ring (bicyclic) bond motifs is 2. The Labute approximate surface area is 285 Å². The van der Waals surface area contributed by atoms with Crippen molar-refractivity contribution in [2.24, 2.45) is 0 Å². The van der Waals surface area contributed by atoms with Crippen LogP contribution in [0.4, 0.5) is 10.1 Å². The van der Waals surface area contributed by atoms with Crippen LogP contribution in [0.1, 0.15) is 40.3 Å². The molecule has 2 N–H and O–H groups in total. The number of pyridine rings is 1. The monoisotopic (exact) mass is 678 g/mol. The first kappa shape index (κ1) is 31.1. The zero-order valence-corrected chi connectivity index (χ0v) is 27.2. The molecular weight excluding hydrogens is 647 g/mol. The molecule has 2 aliphatic rings. The second-order valence-electron chi connectivity index (χ2n) is 12.2. The minimum Gasteiger partial charge on any atom is -0.473 e. The number of imidazole rings is 1. The molecule has 0 saturated carbocycles. The molecule has 1 amide bonds. The summed E-state index contributed by atoms with van der Waals surface area (Å²) in [5.41, 5.74) is 6.70. The zero-order chi connectivity index (χ0) is 33.3. The predicted molar refractivity (Wildman–Crippen MR) is 184 cm³/mol. The van der Waals surface area contributed by atoms with Gasteiger partial charge in [-0.25, -0.2) is 14.4 Å². The van der Waals surface area contributed by atoms with E-state index in [9.17, 15) is 9.18 Å². The Bertz CT molecular complexity index is 2210. The van der Waals surface area contributed by atoms with Crippen LogP contribution in [-0.4, -0.2) is 66.6 Å². The first-order chi connectivity index (χ1) is 23.9. The average Bonchev–Trinajstić information content (AvgIpc) is 3.70. The third-order valence-corrected chi connectivity index (χ3v) is 9.18. The fourth-order valence-corrected chi connectivity index (χ4v) is 6.31. The Morgan fingerprint density at radius 2 is 1.94 bits per heavy atom. The summed E-state index contributed by atoms with van der Waals surface area (Å²) in [5.74, 6) is 0.751. The highest BCUT2D eigenvalue weighted by atomic mass is 35.5. The topological polar surface area (TPSA) is 123 Å². The summed E-state index contributed by atoms with van der Waals surface area (Å²) < 4.78 is 28.1. The van der Waals surface area contributed by atoms with Gasteiger partial charge in [0.25, 0.3) is 5.91 Å². The molecular formula is C36H32ClFN8O3. The van der Waals surface area contributed by atoms with E-state index in [0.29, 0.717) is 45.3 Å². The smallest absolute Gasteiger partial charge is 0.255 e. The first-order valence-corrected chi connectivity index (χ1v) is 16.5. The van der Waals surface area contributed by atoms with Crippen molar-refractivity contribution >= 4 is 50.8 Å². The van der Waals surface area contributed by atoms with Crippen LogP contribution >= 0.6 is 11.6 Å². The van der Waals surface area contributed by atoms with Crippen LogP contribution in [0.25, 0.3) is 27.6 Å². The lowest BCUT2D eigenvalue weighted by atomic mass is 10.0. The Hall–Kier alpha value is -5.17. The average molecular weight is 679 g/mol. The van der Waals surface area contributed by atoms with Crippen molar-refractivity contribution in [1.82, 2.24) is 34.8 Å². The maximum atomic E-state index is 14.2. The maximum Gasteiger partial charge on any atom is 0.255 e. The summed E-state index contributed by atoms with van der Waals surface area (Å²) in [6, 6.07) is 21.2. The van der Waals surface area contributed by atoms with Crippen LogP contribution in [0.15, 0.2) is 78.9 Å². The molecule has 248 valence electrons. The van der Waals surface area contributed by atoms with Crippen molar-refractivity contribution in [2.45, 2.75) is 38.6 Å². The quantitative estimate of drug-likeness (QED) is 0.171. The van der Waals surface area contributed by atoms with Crippen molar-refractivity contribution in [2.75, 3.05) is 25.0 Å². The van der Waals surface area contributed by atoms with Crippen LogP contribution < -0.4 is 10.1 Å². The molecule has 2 aliphatic heterocycles. The molecule has 3 aromatic heterocycles. The molecule has 49 heavy (non-hydrogen) atoms. The number of anilines is 1. The molecule has 1 fully saturated rings. The van der Waals surface area contributed by atoms with Gasteiger partial charge in [-0.3, -0.25) is 9.69 Å². The number of hydrogen-bond acceptors (Lipinski definition) is 8. The number of nitrogens with zero attached hydrogens (tertiary/aromatic N) is 6. The number of hydrogen-bond donors (Lipinski definition) is 2. The normalized spacial score (nSPS) is 16.4. The van der Waals surface area contributed by atoms with Crippen LogP contribution in [0, 0.1) is 5.82 Å². The lowest BCUT2D eigenvalue weighted by Gasteiger charge is -2.29. The summed E-state index contributed by atoms with van der Waals surface area (Å²) in [6.45, 7) is 3.79. The highest BCUT2D eigenvalue weighted by molar-refractivity contribution is 6.30. The minimum absolute atomic E-state index is 0.0625. The number of rotatable bonds is 10. The number of carbonyl (C=O) groups excluding carboxylic acids is 1. The van der Waals surface area contributed by atoms with Crippen LogP contribution in [-0.2, 0) is 24.4 Å². The molecule has 3 aromatic carbocycles. The van der Waals surface area contributed by atoms with Gasteiger partial charge < -0.3 is 19.4 Å². The zero-order valence-electron chi connectivity index (χ0n) is 26.4. The van der Waals surface area contributed by atoms with Crippen molar-refractivity contribution in [1.29, 1.82) is 0 Å². The van der Waals surface area contributed by atoms with E-state index in [1.165, 1.54) is 6.07 Å². The van der Waals surface area contributed by atoms with Crippen molar-refractivity contribution < 1.29 is 18.7 Å². The van der Waals surface area contributed by atoms with Gasteiger partial charge in [0.15, 0.2) is 0 Å². The van der Waals surface area contributed by atoms with E-state index in [2.05, 4.69) is 36.3 Å². The van der Waals surface area contributed by atoms with Crippen molar-refractivity contribution in [3.05, 3.63) is 112 Å². The Morgan fingerprint density at radius 1 is 1.04 bits per heavy atom. The maximum absolute atomic E-state index is 14.2. The molecule has 0 aliphatic carbocycles. The van der Waals surface area contributed by atoms with Gasteiger partial charge in [0.1, 0.15) is 29.3 Å². The Kier molecular flexibility index (Phi) is 8.50. The summed E-state index contributed by atoms with van der Waals surface area (Å²) in [5, 5.41) is 14.0. The molecule has 0 radical (unpaired) electrons. The van der Waals surface area contributed by atoms with E-state index in [0.717, 1.165) is 67.2 Å². The number of benzene rings is 3. The van der Waals surface area contributed by atoms with E-state index in [4.69, 9.17) is 31.0 Å². The van der Waals surface area contributed by atoms with E-state index in [-0.39, 0.29) is 18.6 Å². The number of halogens is 2. The molecule has 0 spiro atoms. The van der Waals surface area contributed by atoms with Gasteiger partial charge in [-0.2, -0.15) is 15.4 Å². The van der Waals surface area contributed by atoms with Crippen molar-refractivity contribution in [3.63, 3.8) is 0 Å². The number of nitrogens with one attached hydrogen (secondary N) is 2. The molecule has 8 rings (SSSR count). The molecule has 1 atom stereocenters. The fraction of sp³-hybridized carbons (Fsp3) is 0.250. The number of ether oxygens (including phenoxy) is 2. The predicted octanol–water partition coefficient (Wildman–Crippen LogP) is 6.40. The lowest BCUT2D eigenvalue weighted by molar-refractivity contribution is -0.0591. The summed E-state index contributed by atoms with van der Waals surface area (Å²) in [7, 11) is 0. The number of amides is 1. The Balaban J connectivity index is 0.960. The van der Waals surface area contributed by atoms with Crippen LogP contribution in [0.3, 0.4) is 0 Å². The Morgan fingerprint density at radius 3 is 2.76 bits per heavy atom. The largest absolute Gasteiger partial charge is 0.473 e. The standard InChI is InChI=1S/C36H32ClFN8O3/c37-25-6-4-24(28(38)17-25)21-49-35-3-1-2-29(41-35)22-10-13-45(14-11-22)20-34-40-32-18-26(7-9-33(32)46(34)19-27-12-15-48-27)39-36(47)23-5-8-30-31(16-23)43-44-42-30/h1-10,16-18,27H,11-15,19-21H2,(H,39,47)(H,42,43,44)/t27-/m0/s1. The second kappa shape index (κ2) is 13.4. The summed E-state index contributed by atoms with van der Waals surface area (Å²) >= 11 is 5.87. The SMILES string of the molecule is O=C(Nc1ccc2c(c1)nc(CN1CC=C(c3cccc(OCc4ccc(Cl)cc4F)n3)CC1)n2C[C@@H]1CCO1)c1ccc2n[nH]nc2c1. The fourth-order valence-electron chi connectivity index (χ4n) is 6.15. The highest BCUT2D eigenvalue weighted by Crippen LogP contribution is 2.28. The molecule has 13 heteroatoms. The van der Waals surface area contributed by atoms with Gasteiger partial charge in [0.05, 0.1) is 35.9 Å². The lowest BCUT2D eigenvalue weighted by Crippen LogP contribution is -2.33. The summed E-state index contributed by atoms with van der Waals surface area (Å²) in [6.07, 6.45) is 4.18. The second-order valence-corrected chi connectivity index (χ2v) is 12.6. The molecule has 6 aromatic rings. The minimum atomic E-state index is -0.405. The third kappa shape index (κ3) is 6.75. The van der Waals surface area contributed by atoms with Gasteiger partial charge in [-0.15, -0.1) is 0 Å². The van der Waals surface area contributed by atoms with Gasteiger partial charge in [-0.1, -0.05) is 29.8 Å². The van der Waals surface area contributed by atoms with Gasteiger partial charge >= 0.3 is 0 Å². The number of aromatic amines is 1. The van der Waals surface area contributed by atoms with Crippen molar-refractivity contribution in [3.8, 4) is 5.88 Å². The van der Waals surface area contributed by atoms with Crippen LogP contribution in [0.5, 0.6) is 5.88 Å². The van der Waals surface area contributed by atoms with Gasteiger partial charge in [0.2, 0.25) is 5.88 Å². The number of H-pyrrole nitrogens is 1. The molecule has 0 bridgehead atoms. The molecule has 11 nitrogen and oxygen atoms in total.